The van der Waals surface area contributed by atoms with Gasteiger partial charge in [0.1, 0.15) is 5.66 Å². The summed E-state index contributed by atoms with van der Waals surface area (Å²) in [6.45, 7) is 4.32. The van der Waals surface area contributed by atoms with E-state index in [-0.39, 0.29) is 11.6 Å². The summed E-state index contributed by atoms with van der Waals surface area (Å²) in [4.78, 5) is 17.1. The largest absolute Gasteiger partial charge is 0.317 e. The van der Waals surface area contributed by atoms with Gasteiger partial charge < -0.3 is 9.80 Å². The highest BCUT2D eigenvalue weighted by Crippen LogP contribution is 2.38. The van der Waals surface area contributed by atoms with Crippen molar-refractivity contribution in [3.63, 3.8) is 0 Å². The van der Waals surface area contributed by atoms with E-state index in [2.05, 4.69) is 17.0 Å². The van der Waals surface area contributed by atoms with E-state index in [4.69, 9.17) is 5.84 Å². The third-order valence-electron chi connectivity index (χ3n) is 5.70. The van der Waals surface area contributed by atoms with Gasteiger partial charge in [0.25, 0.3) is 0 Å². The summed E-state index contributed by atoms with van der Waals surface area (Å²) >= 11 is 0. The van der Waals surface area contributed by atoms with Crippen LogP contribution in [0.3, 0.4) is 0 Å². The minimum absolute atomic E-state index is 0.159. The Kier molecular flexibility index (Phi) is 3.87. The maximum atomic E-state index is 12.5. The highest BCUT2D eigenvalue weighted by Gasteiger charge is 2.51. The summed E-state index contributed by atoms with van der Waals surface area (Å²) in [6, 6.07) is 10.2. The second-order valence-electron chi connectivity index (χ2n) is 7.32. The molecule has 3 aliphatic rings. The van der Waals surface area contributed by atoms with Crippen molar-refractivity contribution >= 4 is 5.91 Å². The van der Waals surface area contributed by atoms with E-state index < -0.39 is 0 Å². The first-order chi connectivity index (χ1) is 11.2. The molecule has 0 radical (unpaired) electrons. The zero-order valence-electron chi connectivity index (χ0n) is 13.7. The molecular weight excluding hydrogens is 288 g/mol. The molecule has 1 aromatic rings. The zero-order valence-corrected chi connectivity index (χ0v) is 13.7. The molecule has 0 aromatic heterocycles. The molecule has 3 fully saturated rings. The topological polar surface area (TPSA) is 52.8 Å². The number of carbonyl (C=O) groups excluding carboxylic acids is 1. The molecule has 2 aliphatic heterocycles. The Labute approximate surface area is 138 Å². The van der Waals surface area contributed by atoms with Crippen molar-refractivity contribution in [3.05, 3.63) is 35.9 Å². The Balaban J connectivity index is 1.49. The second kappa shape index (κ2) is 5.89. The second-order valence-corrected chi connectivity index (χ2v) is 7.32. The van der Waals surface area contributed by atoms with Crippen LogP contribution >= 0.6 is 0 Å². The quantitative estimate of drug-likeness (QED) is 0.854. The van der Waals surface area contributed by atoms with E-state index >= 15 is 0 Å². The molecule has 1 saturated carbocycles. The molecule has 5 nitrogen and oxygen atoms in total. The average Bonchev–Trinajstić information content (AvgIpc) is 3.35. The van der Waals surface area contributed by atoms with Gasteiger partial charge in [-0.1, -0.05) is 30.3 Å². The molecule has 2 heterocycles. The third-order valence-corrected chi connectivity index (χ3v) is 5.70. The summed E-state index contributed by atoms with van der Waals surface area (Å²) in [6.07, 6.45) is 4.69. The first kappa shape index (κ1) is 15.1. The minimum Gasteiger partial charge on any atom is -0.317 e. The number of hydrogen-bond acceptors (Lipinski definition) is 4. The van der Waals surface area contributed by atoms with E-state index in [0.717, 1.165) is 31.8 Å². The van der Waals surface area contributed by atoms with Crippen molar-refractivity contribution < 1.29 is 4.79 Å². The number of benzene rings is 1. The molecule has 1 aliphatic carbocycles. The number of hydrazine groups is 1. The van der Waals surface area contributed by atoms with E-state index in [0.29, 0.717) is 13.1 Å². The van der Waals surface area contributed by atoms with Crippen molar-refractivity contribution in [3.8, 4) is 0 Å². The number of carbonyl (C=O) groups is 1. The lowest BCUT2D eigenvalue weighted by atomic mass is 9.94. The normalized spacial score (nSPS) is 25.4. The van der Waals surface area contributed by atoms with Crippen LogP contribution in [-0.2, 0) is 11.3 Å². The van der Waals surface area contributed by atoms with Gasteiger partial charge in [-0.25, -0.2) is 5.01 Å². The lowest BCUT2D eigenvalue weighted by Gasteiger charge is -2.47. The Morgan fingerprint density at radius 3 is 2.48 bits per heavy atom. The van der Waals surface area contributed by atoms with Crippen LogP contribution < -0.4 is 5.84 Å². The molecule has 0 atom stereocenters. The van der Waals surface area contributed by atoms with Gasteiger partial charge in [0.15, 0.2) is 0 Å². The summed E-state index contributed by atoms with van der Waals surface area (Å²) in [7, 11) is 0. The Hall–Kier alpha value is -1.43. The van der Waals surface area contributed by atoms with Crippen LogP contribution in [0.1, 0.15) is 31.2 Å². The molecule has 1 spiro atoms. The molecule has 0 unspecified atom stereocenters. The Morgan fingerprint density at radius 2 is 1.83 bits per heavy atom. The van der Waals surface area contributed by atoms with Gasteiger partial charge in [-0.3, -0.25) is 10.6 Å². The Bertz CT molecular complexity index is 564. The summed E-state index contributed by atoms with van der Waals surface area (Å²) in [5.74, 6) is 7.37. The number of nitrogens with two attached hydrogens (primary N) is 1. The number of amides is 1. The number of hydrogen-bond donors (Lipinski definition) is 1. The molecule has 124 valence electrons. The molecule has 4 rings (SSSR count). The SMILES string of the molecule is NN1CC(=O)N(Cc2ccccc2)C12CCN(CC1CC1)CC2. The highest BCUT2D eigenvalue weighted by atomic mass is 16.2. The number of piperidine rings is 1. The van der Waals surface area contributed by atoms with Gasteiger partial charge in [0.05, 0.1) is 6.54 Å². The van der Waals surface area contributed by atoms with Gasteiger partial charge >= 0.3 is 0 Å². The highest BCUT2D eigenvalue weighted by molar-refractivity contribution is 5.81. The molecule has 2 saturated heterocycles. The molecule has 1 amide bonds. The predicted molar refractivity (Wildman–Crippen MR) is 89.0 cm³/mol. The van der Waals surface area contributed by atoms with Crippen LogP contribution in [0.25, 0.3) is 0 Å². The molecule has 5 heteroatoms. The van der Waals surface area contributed by atoms with Crippen LogP contribution in [0.4, 0.5) is 0 Å². The monoisotopic (exact) mass is 314 g/mol. The number of likely N-dealkylation sites (tertiary alicyclic amines) is 1. The average molecular weight is 314 g/mol. The lowest BCUT2D eigenvalue weighted by Crippen LogP contribution is -2.61. The maximum absolute atomic E-state index is 12.5. The van der Waals surface area contributed by atoms with Crippen LogP contribution in [-0.4, -0.2) is 52.6 Å². The molecule has 1 aromatic carbocycles. The zero-order chi connectivity index (χ0) is 15.9. The molecule has 2 N–H and O–H groups in total. The van der Waals surface area contributed by atoms with Gasteiger partial charge in [-0.15, -0.1) is 0 Å². The van der Waals surface area contributed by atoms with Gasteiger partial charge in [-0.05, 0) is 37.2 Å². The predicted octanol–water partition coefficient (Wildman–Crippen LogP) is 1.41. The fourth-order valence-corrected chi connectivity index (χ4v) is 4.08. The van der Waals surface area contributed by atoms with E-state index in [9.17, 15) is 4.79 Å². The fourth-order valence-electron chi connectivity index (χ4n) is 4.08. The van der Waals surface area contributed by atoms with Crippen molar-refractivity contribution in [2.24, 2.45) is 11.8 Å². The van der Waals surface area contributed by atoms with Crippen LogP contribution in [0, 0.1) is 5.92 Å². The van der Waals surface area contributed by atoms with Crippen molar-refractivity contribution in [2.45, 2.75) is 37.9 Å². The number of rotatable bonds is 4. The van der Waals surface area contributed by atoms with Gasteiger partial charge in [0, 0.05) is 26.2 Å². The lowest BCUT2D eigenvalue weighted by molar-refractivity contribution is -0.134. The van der Waals surface area contributed by atoms with Gasteiger partial charge in [-0.2, -0.15) is 0 Å². The summed E-state index contributed by atoms with van der Waals surface area (Å²) in [5, 5.41) is 1.80. The molecule has 0 bridgehead atoms. The van der Waals surface area contributed by atoms with E-state index in [1.54, 1.807) is 5.01 Å². The van der Waals surface area contributed by atoms with Crippen molar-refractivity contribution in [2.75, 3.05) is 26.2 Å². The fraction of sp³-hybridized carbons (Fsp3) is 0.611. The first-order valence-electron chi connectivity index (χ1n) is 8.76. The van der Waals surface area contributed by atoms with Crippen LogP contribution in [0.2, 0.25) is 0 Å². The van der Waals surface area contributed by atoms with E-state index in [1.807, 2.05) is 23.1 Å². The molecule has 23 heavy (non-hydrogen) atoms. The smallest absolute Gasteiger partial charge is 0.240 e. The standard InChI is InChI=1S/C18H26N4O/c19-22-14-17(23)21(13-15-4-2-1-3-5-15)18(22)8-10-20(11-9-18)12-16-6-7-16/h1-5,16H,6-14,19H2. The van der Waals surface area contributed by atoms with Crippen molar-refractivity contribution in [1.82, 2.24) is 14.8 Å². The maximum Gasteiger partial charge on any atom is 0.240 e. The third kappa shape index (κ3) is 2.89. The minimum atomic E-state index is -0.285. The summed E-state index contributed by atoms with van der Waals surface area (Å²) < 4.78 is 0. The summed E-state index contributed by atoms with van der Waals surface area (Å²) in [5.41, 5.74) is 0.892. The first-order valence-corrected chi connectivity index (χ1v) is 8.76. The van der Waals surface area contributed by atoms with E-state index in [1.165, 1.54) is 24.9 Å². The molecular formula is C18H26N4O. The van der Waals surface area contributed by atoms with Crippen molar-refractivity contribution in [1.29, 1.82) is 0 Å². The van der Waals surface area contributed by atoms with Crippen LogP contribution in [0.5, 0.6) is 0 Å². The van der Waals surface area contributed by atoms with Gasteiger partial charge in [0.2, 0.25) is 5.91 Å². The number of nitrogens with zero attached hydrogens (tertiary/aromatic N) is 3. The van der Waals surface area contributed by atoms with Crippen LogP contribution in [0.15, 0.2) is 30.3 Å². The Morgan fingerprint density at radius 1 is 1.13 bits per heavy atom.